The van der Waals surface area contributed by atoms with Crippen LogP contribution >= 0.6 is 0 Å². The third-order valence-electron chi connectivity index (χ3n) is 4.70. The Balaban J connectivity index is 1.62. The van der Waals surface area contributed by atoms with Gasteiger partial charge in [-0.15, -0.1) is 0 Å². The van der Waals surface area contributed by atoms with E-state index in [4.69, 9.17) is 10.00 Å². The average molecular weight is 337 g/mol. The Hall–Kier alpha value is -2.65. The number of hydrogen-bond acceptors (Lipinski definition) is 6. The zero-order valence-electron chi connectivity index (χ0n) is 15.0. The van der Waals surface area contributed by atoms with Crippen molar-refractivity contribution in [3.05, 3.63) is 46.9 Å². The van der Waals surface area contributed by atoms with Gasteiger partial charge < -0.3 is 9.64 Å². The van der Waals surface area contributed by atoms with Crippen LogP contribution in [0, 0.1) is 25.2 Å². The monoisotopic (exact) mass is 337 g/mol. The molecule has 3 heterocycles. The summed E-state index contributed by atoms with van der Waals surface area (Å²) >= 11 is 0. The molecule has 0 spiro atoms. The number of hydrogen-bond donors (Lipinski definition) is 0. The predicted molar refractivity (Wildman–Crippen MR) is 96.7 cm³/mol. The fourth-order valence-corrected chi connectivity index (χ4v) is 3.22. The largest absolute Gasteiger partial charge is 0.496 e. The molecule has 0 saturated carbocycles. The summed E-state index contributed by atoms with van der Waals surface area (Å²) in [5, 5.41) is 8.87. The Morgan fingerprint density at radius 3 is 2.48 bits per heavy atom. The zero-order chi connectivity index (χ0) is 17.8. The average Bonchev–Trinajstić information content (AvgIpc) is 2.65. The van der Waals surface area contributed by atoms with Crippen LogP contribution < -0.4 is 9.64 Å². The number of aryl methyl sites for hydroxylation is 1. The molecular weight excluding hydrogens is 314 g/mol. The number of anilines is 1. The summed E-state index contributed by atoms with van der Waals surface area (Å²) in [6, 6.07) is 5.84. The third-order valence-corrected chi connectivity index (χ3v) is 4.70. The van der Waals surface area contributed by atoms with Crippen LogP contribution in [0.15, 0.2) is 24.5 Å². The highest BCUT2D eigenvalue weighted by atomic mass is 16.5. The minimum atomic E-state index is 0.595. The van der Waals surface area contributed by atoms with E-state index >= 15 is 0 Å². The molecule has 6 heteroatoms. The fraction of sp³-hybridized carbons (Fsp3) is 0.421. The number of aromatic nitrogens is 2. The van der Waals surface area contributed by atoms with Gasteiger partial charge in [-0.3, -0.25) is 9.88 Å². The first kappa shape index (κ1) is 17.2. The van der Waals surface area contributed by atoms with Gasteiger partial charge in [0.15, 0.2) is 0 Å². The summed E-state index contributed by atoms with van der Waals surface area (Å²) < 4.78 is 5.50. The second-order valence-electron chi connectivity index (χ2n) is 6.33. The van der Waals surface area contributed by atoms with E-state index < -0.39 is 0 Å². The highest BCUT2D eigenvalue weighted by Crippen LogP contribution is 2.25. The van der Waals surface area contributed by atoms with Crippen LogP contribution in [0.2, 0.25) is 0 Å². The van der Waals surface area contributed by atoms with Gasteiger partial charge in [-0.05, 0) is 26.0 Å². The van der Waals surface area contributed by atoms with Gasteiger partial charge in [0.1, 0.15) is 17.6 Å². The van der Waals surface area contributed by atoms with Crippen LogP contribution in [-0.2, 0) is 6.54 Å². The van der Waals surface area contributed by atoms with Gasteiger partial charge in [0.05, 0.1) is 18.4 Å². The van der Waals surface area contributed by atoms with Crippen molar-refractivity contribution in [1.29, 1.82) is 5.26 Å². The molecule has 2 aromatic heterocycles. The minimum absolute atomic E-state index is 0.595. The molecule has 6 nitrogen and oxygen atoms in total. The Kier molecular flexibility index (Phi) is 5.15. The number of pyridine rings is 2. The third kappa shape index (κ3) is 3.72. The lowest BCUT2D eigenvalue weighted by Gasteiger charge is -2.35. The number of methoxy groups -OCH3 is 1. The van der Waals surface area contributed by atoms with Crippen LogP contribution in [0.1, 0.15) is 22.4 Å². The SMILES string of the molecule is COc1c(C)cnc(CN2CCN(c3ccc(C#N)cn3)CC2)c1C. The maximum Gasteiger partial charge on any atom is 0.128 e. The second-order valence-corrected chi connectivity index (χ2v) is 6.33. The van der Waals surface area contributed by atoms with Gasteiger partial charge in [0.25, 0.3) is 0 Å². The van der Waals surface area contributed by atoms with Crippen molar-refractivity contribution < 1.29 is 4.74 Å². The smallest absolute Gasteiger partial charge is 0.128 e. The van der Waals surface area contributed by atoms with Crippen LogP contribution in [0.3, 0.4) is 0 Å². The summed E-state index contributed by atoms with van der Waals surface area (Å²) in [6.07, 6.45) is 3.52. The molecule has 25 heavy (non-hydrogen) atoms. The number of nitriles is 1. The van der Waals surface area contributed by atoms with E-state index in [1.165, 1.54) is 0 Å². The van der Waals surface area contributed by atoms with E-state index in [1.807, 2.05) is 25.3 Å². The Morgan fingerprint density at radius 2 is 1.88 bits per heavy atom. The first-order valence-corrected chi connectivity index (χ1v) is 8.45. The second kappa shape index (κ2) is 7.49. The molecule has 1 aliphatic rings. The summed E-state index contributed by atoms with van der Waals surface area (Å²) in [6.45, 7) is 8.67. The van der Waals surface area contributed by atoms with E-state index in [2.05, 4.69) is 32.8 Å². The molecule has 0 N–H and O–H groups in total. The van der Waals surface area contributed by atoms with E-state index in [9.17, 15) is 0 Å². The van der Waals surface area contributed by atoms with E-state index in [0.29, 0.717) is 5.56 Å². The van der Waals surface area contributed by atoms with Crippen molar-refractivity contribution >= 4 is 5.82 Å². The Morgan fingerprint density at radius 1 is 1.12 bits per heavy atom. The predicted octanol–water partition coefficient (Wildman–Crippen LogP) is 2.30. The van der Waals surface area contributed by atoms with Gasteiger partial charge in [-0.1, -0.05) is 0 Å². The normalized spacial score (nSPS) is 15.0. The van der Waals surface area contributed by atoms with Crippen LogP contribution in [0.4, 0.5) is 5.82 Å². The lowest BCUT2D eigenvalue weighted by Crippen LogP contribution is -2.46. The molecular formula is C19H23N5O. The zero-order valence-corrected chi connectivity index (χ0v) is 15.0. The molecule has 0 aliphatic carbocycles. The van der Waals surface area contributed by atoms with Crippen molar-refractivity contribution in [2.45, 2.75) is 20.4 Å². The molecule has 0 radical (unpaired) electrons. The van der Waals surface area contributed by atoms with Crippen molar-refractivity contribution in [3.8, 4) is 11.8 Å². The Bertz CT molecular complexity index is 774. The molecule has 1 fully saturated rings. The molecule has 1 saturated heterocycles. The molecule has 0 bridgehead atoms. The molecule has 2 aromatic rings. The summed E-state index contributed by atoms with van der Waals surface area (Å²) in [5.74, 6) is 1.87. The molecule has 3 rings (SSSR count). The lowest BCUT2D eigenvalue weighted by molar-refractivity contribution is 0.245. The number of ether oxygens (including phenoxy) is 1. The molecule has 0 atom stereocenters. The molecule has 1 aliphatic heterocycles. The van der Waals surface area contributed by atoms with Crippen molar-refractivity contribution in [2.75, 3.05) is 38.2 Å². The van der Waals surface area contributed by atoms with Crippen molar-refractivity contribution in [2.24, 2.45) is 0 Å². The van der Waals surface area contributed by atoms with E-state index in [-0.39, 0.29) is 0 Å². The summed E-state index contributed by atoms with van der Waals surface area (Å²) in [4.78, 5) is 13.6. The number of nitrogens with zero attached hydrogens (tertiary/aromatic N) is 5. The van der Waals surface area contributed by atoms with Crippen molar-refractivity contribution in [3.63, 3.8) is 0 Å². The first-order valence-electron chi connectivity index (χ1n) is 8.45. The van der Waals surface area contributed by atoms with E-state index in [0.717, 1.165) is 61.1 Å². The van der Waals surface area contributed by atoms with Gasteiger partial charge in [0.2, 0.25) is 0 Å². The topological polar surface area (TPSA) is 65.3 Å². The standard InChI is InChI=1S/C19H23N5O/c1-14-11-21-17(15(2)19(14)25-3)13-23-6-8-24(9-7-23)18-5-4-16(10-20)12-22-18/h4-5,11-12H,6-9,13H2,1-3H3. The maximum absolute atomic E-state index is 8.87. The van der Waals surface area contributed by atoms with Crippen LogP contribution in [0.25, 0.3) is 0 Å². The maximum atomic E-state index is 8.87. The quantitative estimate of drug-likeness (QED) is 0.853. The fourth-order valence-electron chi connectivity index (χ4n) is 3.22. The number of piperazine rings is 1. The van der Waals surface area contributed by atoms with Gasteiger partial charge in [-0.2, -0.15) is 5.26 Å². The molecule has 130 valence electrons. The van der Waals surface area contributed by atoms with Crippen molar-refractivity contribution in [1.82, 2.24) is 14.9 Å². The van der Waals surface area contributed by atoms with Crippen LogP contribution in [0.5, 0.6) is 5.75 Å². The molecule has 0 amide bonds. The summed E-state index contributed by atoms with van der Waals surface area (Å²) in [7, 11) is 1.71. The number of rotatable bonds is 4. The highest BCUT2D eigenvalue weighted by molar-refractivity contribution is 5.43. The van der Waals surface area contributed by atoms with Crippen LogP contribution in [-0.4, -0.2) is 48.2 Å². The highest BCUT2D eigenvalue weighted by Gasteiger charge is 2.20. The first-order chi connectivity index (χ1) is 12.1. The lowest BCUT2D eigenvalue weighted by atomic mass is 10.1. The van der Waals surface area contributed by atoms with Gasteiger partial charge >= 0.3 is 0 Å². The summed E-state index contributed by atoms with van der Waals surface area (Å²) in [5.41, 5.74) is 3.86. The minimum Gasteiger partial charge on any atom is -0.496 e. The van der Waals surface area contributed by atoms with Gasteiger partial charge in [0, 0.05) is 56.2 Å². The van der Waals surface area contributed by atoms with E-state index in [1.54, 1.807) is 13.3 Å². The molecule has 0 unspecified atom stereocenters. The Labute approximate surface area is 148 Å². The van der Waals surface area contributed by atoms with Gasteiger partial charge in [-0.25, -0.2) is 4.98 Å². The molecule has 0 aromatic carbocycles.